The summed E-state index contributed by atoms with van der Waals surface area (Å²) >= 11 is 0. The predicted octanol–water partition coefficient (Wildman–Crippen LogP) is 0.585. The number of anilines is 1. The Kier molecular flexibility index (Phi) is 4.09. The zero-order chi connectivity index (χ0) is 12.1. The summed E-state index contributed by atoms with van der Waals surface area (Å²) in [5.41, 5.74) is 1.25. The normalized spacial score (nSPS) is 9.88. The van der Waals surface area contributed by atoms with Crippen molar-refractivity contribution in [3.8, 4) is 6.07 Å². The first-order chi connectivity index (χ1) is 7.65. The SMILES string of the molecule is C=CCN(CCO)c1c(C#N)c(C)nn1C. The minimum absolute atomic E-state index is 0.0307. The standard InChI is InChI=1S/C11H16N4O/c1-4-5-15(6-7-16)11-10(8-12)9(2)13-14(11)3/h4,16H,1,5-7H2,2-3H3. The zero-order valence-corrected chi connectivity index (χ0v) is 9.64. The summed E-state index contributed by atoms with van der Waals surface area (Å²) in [6, 6.07) is 2.14. The molecule has 5 nitrogen and oxygen atoms in total. The van der Waals surface area contributed by atoms with E-state index in [4.69, 9.17) is 10.4 Å². The maximum absolute atomic E-state index is 9.08. The van der Waals surface area contributed by atoms with Gasteiger partial charge in [-0.05, 0) is 6.92 Å². The van der Waals surface area contributed by atoms with E-state index in [1.54, 1.807) is 24.7 Å². The number of hydrogen-bond acceptors (Lipinski definition) is 4. The molecule has 0 spiro atoms. The van der Waals surface area contributed by atoms with Gasteiger partial charge in [0.2, 0.25) is 0 Å². The van der Waals surface area contributed by atoms with Crippen LogP contribution in [0.3, 0.4) is 0 Å². The van der Waals surface area contributed by atoms with Gasteiger partial charge in [-0.15, -0.1) is 6.58 Å². The van der Waals surface area contributed by atoms with E-state index in [0.717, 1.165) is 5.82 Å². The van der Waals surface area contributed by atoms with Crippen LogP contribution in [0.2, 0.25) is 0 Å². The summed E-state index contributed by atoms with van der Waals surface area (Å²) < 4.78 is 1.66. The highest BCUT2D eigenvalue weighted by molar-refractivity contribution is 5.57. The lowest BCUT2D eigenvalue weighted by molar-refractivity contribution is 0.302. The Balaban J connectivity index is 3.17. The highest BCUT2D eigenvalue weighted by Gasteiger charge is 2.17. The van der Waals surface area contributed by atoms with Crippen LogP contribution < -0.4 is 4.90 Å². The van der Waals surface area contributed by atoms with Crippen molar-refractivity contribution in [3.05, 3.63) is 23.9 Å². The highest BCUT2D eigenvalue weighted by atomic mass is 16.3. The molecular weight excluding hydrogens is 204 g/mol. The average Bonchev–Trinajstić information content (AvgIpc) is 2.52. The fraction of sp³-hybridized carbons (Fsp3) is 0.455. The van der Waals surface area contributed by atoms with E-state index < -0.39 is 0 Å². The van der Waals surface area contributed by atoms with E-state index in [0.29, 0.717) is 24.3 Å². The van der Waals surface area contributed by atoms with Gasteiger partial charge in [-0.25, -0.2) is 0 Å². The third-order valence-electron chi connectivity index (χ3n) is 2.32. The summed E-state index contributed by atoms with van der Waals surface area (Å²) in [5.74, 6) is 0.731. The fourth-order valence-corrected chi connectivity index (χ4v) is 1.70. The fourth-order valence-electron chi connectivity index (χ4n) is 1.70. The maximum Gasteiger partial charge on any atom is 0.145 e. The molecule has 1 rings (SSSR count). The van der Waals surface area contributed by atoms with Crippen LogP contribution in [-0.4, -0.2) is 34.6 Å². The van der Waals surface area contributed by atoms with Gasteiger partial charge in [0.25, 0.3) is 0 Å². The molecule has 0 aromatic carbocycles. The molecule has 0 unspecified atom stereocenters. The second-order valence-corrected chi connectivity index (χ2v) is 3.48. The number of nitriles is 1. The number of hydrogen-bond donors (Lipinski definition) is 1. The first-order valence-corrected chi connectivity index (χ1v) is 5.06. The molecule has 0 saturated carbocycles. The van der Waals surface area contributed by atoms with Gasteiger partial charge in [-0.2, -0.15) is 10.4 Å². The van der Waals surface area contributed by atoms with Crippen molar-refractivity contribution in [3.63, 3.8) is 0 Å². The Morgan fingerprint density at radius 3 is 2.88 bits per heavy atom. The van der Waals surface area contributed by atoms with Gasteiger partial charge in [0.15, 0.2) is 0 Å². The molecule has 0 aliphatic heterocycles. The number of aliphatic hydroxyl groups is 1. The number of nitrogens with zero attached hydrogens (tertiary/aromatic N) is 4. The van der Waals surface area contributed by atoms with Crippen LogP contribution in [-0.2, 0) is 7.05 Å². The van der Waals surface area contributed by atoms with Gasteiger partial charge < -0.3 is 10.0 Å². The second kappa shape index (κ2) is 5.33. The molecule has 16 heavy (non-hydrogen) atoms. The number of rotatable bonds is 5. The molecule has 0 aliphatic rings. The molecule has 0 saturated heterocycles. The van der Waals surface area contributed by atoms with E-state index in [1.165, 1.54) is 0 Å². The van der Waals surface area contributed by atoms with Crippen LogP contribution in [0.4, 0.5) is 5.82 Å². The van der Waals surface area contributed by atoms with Crippen LogP contribution in [0, 0.1) is 18.3 Å². The lowest BCUT2D eigenvalue weighted by atomic mass is 10.2. The van der Waals surface area contributed by atoms with E-state index in [-0.39, 0.29) is 6.61 Å². The quantitative estimate of drug-likeness (QED) is 0.737. The lowest BCUT2D eigenvalue weighted by Gasteiger charge is -2.22. The first-order valence-electron chi connectivity index (χ1n) is 5.06. The van der Waals surface area contributed by atoms with Crippen molar-refractivity contribution in [1.29, 1.82) is 5.26 Å². The average molecular weight is 220 g/mol. The summed E-state index contributed by atoms with van der Waals surface area (Å²) in [6.45, 7) is 6.53. The van der Waals surface area contributed by atoms with Gasteiger partial charge in [0, 0.05) is 20.1 Å². The van der Waals surface area contributed by atoms with Gasteiger partial charge in [-0.1, -0.05) is 6.08 Å². The Bertz CT molecular complexity index is 416. The third kappa shape index (κ3) is 2.23. The molecule has 0 bridgehead atoms. The first kappa shape index (κ1) is 12.3. The van der Waals surface area contributed by atoms with Crippen molar-refractivity contribution >= 4 is 5.82 Å². The van der Waals surface area contributed by atoms with Gasteiger partial charge in [-0.3, -0.25) is 4.68 Å². The Labute approximate surface area is 95.2 Å². The van der Waals surface area contributed by atoms with Crippen molar-refractivity contribution in [2.24, 2.45) is 7.05 Å². The minimum atomic E-state index is 0.0307. The van der Waals surface area contributed by atoms with E-state index in [9.17, 15) is 0 Å². The molecule has 86 valence electrons. The minimum Gasteiger partial charge on any atom is -0.395 e. The number of aryl methyl sites for hydroxylation is 2. The molecule has 1 aromatic rings. The molecule has 0 amide bonds. The Morgan fingerprint density at radius 1 is 1.69 bits per heavy atom. The predicted molar refractivity (Wildman–Crippen MR) is 62.2 cm³/mol. The van der Waals surface area contributed by atoms with Crippen molar-refractivity contribution in [2.75, 3.05) is 24.6 Å². The molecule has 5 heteroatoms. The van der Waals surface area contributed by atoms with Crippen LogP contribution in [0.15, 0.2) is 12.7 Å². The van der Waals surface area contributed by atoms with Crippen LogP contribution in [0.25, 0.3) is 0 Å². The molecule has 0 radical (unpaired) electrons. The van der Waals surface area contributed by atoms with E-state index in [1.807, 2.05) is 4.90 Å². The lowest BCUT2D eigenvalue weighted by Crippen LogP contribution is -2.29. The highest BCUT2D eigenvalue weighted by Crippen LogP contribution is 2.21. The van der Waals surface area contributed by atoms with Crippen molar-refractivity contribution in [1.82, 2.24) is 9.78 Å². The summed E-state index contributed by atoms with van der Waals surface area (Å²) in [7, 11) is 1.79. The molecular formula is C11H16N4O. The van der Waals surface area contributed by atoms with Crippen molar-refractivity contribution < 1.29 is 5.11 Å². The van der Waals surface area contributed by atoms with Gasteiger partial charge >= 0.3 is 0 Å². The maximum atomic E-state index is 9.08. The number of aromatic nitrogens is 2. The largest absolute Gasteiger partial charge is 0.395 e. The molecule has 0 fully saturated rings. The van der Waals surface area contributed by atoms with E-state index >= 15 is 0 Å². The molecule has 0 aliphatic carbocycles. The van der Waals surface area contributed by atoms with Gasteiger partial charge in [0.1, 0.15) is 17.5 Å². The van der Waals surface area contributed by atoms with Crippen molar-refractivity contribution in [2.45, 2.75) is 6.92 Å². The van der Waals surface area contributed by atoms with Crippen LogP contribution >= 0.6 is 0 Å². The Hall–Kier alpha value is -1.80. The second-order valence-electron chi connectivity index (χ2n) is 3.48. The van der Waals surface area contributed by atoms with Gasteiger partial charge in [0.05, 0.1) is 12.3 Å². The topological polar surface area (TPSA) is 65.1 Å². The zero-order valence-electron chi connectivity index (χ0n) is 9.64. The molecule has 0 atom stereocenters. The Morgan fingerprint density at radius 2 is 2.38 bits per heavy atom. The summed E-state index contributed by atoms with van der Waals surface area (Å²) in [6.07, 6.45) is 1.74. The van der Waals surface area contributed by atoms with E-state index in [2.05, 4.69) is 17.7 Å². The van der Waals surface area contributed by atoms with Crippen LogP contribution in [0.1, 0.15) is 11.3 Å². The molecule has 1 N–H and O–H groups in total. The summed E-state index contributed by atoms with van der Waals surface area (Å²) in [5, 5.41) is 22.3. The monoisotopic (exact) mass is 220 g/mol. The smallest absolute Gasteiger partial charge is 0.145 e. The summed E-state index contributed by atoms with van der Waals surface area (Å²) in [4.78, 5) is 1.88. The molecule has 1 heterocycles. The number of aliphatic hydroxyl groups excluding tert-OH is 1. The van der Waals surface area contributed by atoms with Crippen LogP contribution in [0.5, 0.6) is 0 Å². The third-order valence-corrected chi connectivity index (χ3v) is 2.32. The molecule has 1 aromatic heterocycles.